The number of hydrogen-bond donors (Lipinski definition) is 1. The van der Waals surface area contributed by atoms with Crippen LogP contribution in [0.2, 0.25) is 0 Å². The fourth-order valence-electron chi connectivity index (χ4n) is 2.49. The largest absolute Gasteiger partial charge is 0.444 e. The van der Waals surface area contributed by atoms with Crippen molar-refractivity contribution in [2.45, 2.75) is 6.10 Å². The summed E-state index contributed by atoms with van der Waals surface area (Å²) in [7, 11) is 0. The van der Waals surface area contributed by atoms with E-state index in [1.54, 1.807) is 42.6 Å². The second-order valence-corrected chi connectivity index (χ2v) is 5.39. The number of benzene rings is 2. The number of esters is 1. The number of nitrogens with two attached hydrogens (primary N) is 1. The highest BCUT2D eigenvalue weighted by Gasteiger charge is 2.21. The highest BCUT2D eigenvalue weighted by atomic mass is 16.5. The van der Waals surface area contributed by atoms with Gasteiger partial charge in [0.05, 0.1) is 5.52 Å². The van der Waals surface area contributed by atoms with Gasteiger partial charge >= 0.3 is 5.97 Å². The first-order valence-electron chi connectivity index (χ1n) is 7.72. The second kappa shape index (κ2) is 7.40. The number of rotatable bonds is 5. The van der Waals surface area contributed by atoms with Crippen LogP contribution in [0.15, 0.2) is 72.9 Å². The van der Waals surface area contributed by atoms with Gasteiger partial charge in [-0.15, -0.1) is 0 Å². The lowest BCUT2D eigenvalue weighted by molar-refractivity contribution is -0.150. The summed E-state index contributed by atoms with van der Waals surface area (Å²) in [6.07, 6.45) is 3.45. The van der Waals surface area contributed by atoms with Gasteiger partial charge in [0.2, 0.25) is 6.10 Å². The molecule has 0 aliphatic carbocycles. The van der Waals surface area contributed by atoms with Gasteiger partial charge in [0.15, 0.2) is 0 Å². The molecule has 1 aromatic heterocycles. The van der Waals surface area contributed by atoms with Gasteiger partial charge in [-0.2, -0.15) is 0 Å². The lowest BCUT2D eigenvalue weighted by Crippen LogP contribution is -2.25. The van der Waals surface area contributed by atoms with Crippen LogP contribution < -0.4 is 5.73 Å². The minimum absolute atomic E-state index is 0.531. The molecular formula is C20H16N2O3. The third-order valence-electron chi connectivity index (χ3n) is 3.66. The van der Waals surface area contributed by atoms with E-state index in [0.29, 0.717) is 5.56 Å². The number of carbonyl (C=O) groups is 2. The van der Waals surface area contributed by atoms with E-state index in [-0.39, 0.29) is 0 Å². The van der Waals surface area contributed by atoms with Gasteiger partial charge in [-0.1, -0.05) is 54.6 Å². The molecule has 0 spiro atoms. The van der Waals surface area contributed by atoms with Gasteiger partial charge in [0.1, 0.15) is 0 Å². The molecule has 1 atom stereocenters. The van der Waals surface area contributed by atoms with E-state index >= 15 is 0 Å². The Morgan fingerprint density at radius 3 is 2.52 bits per heavy atom. The summed E-state index contributed by atoms with van der Waals surface area (Å²) in [6.45, 7) is 0. The monoisotopic (exact) mass is 332 g/mol. The van der Waals surface area contributed by atoms with E-state index in [1.165, 1.54) is 6.08 Å². The molecule has 1 unspecified atom stereocenters. The molecule has 25 heavy (non-hydrogen) atoms. The number of carbonyl (C=O) groups excluding carboxylic acids is 2. The molecule has 3 aromatic rings. The quantitative estimate of drug-likeness (QED) is 0.575. The van der Waals surface area contributed by atoms with Crippen molar-refractivity contribution in [3.05, 3.63) is 84.1 Å². The molecule has 0 radical (unpaired) electrons. The molecular weight excluding hydrogens is 316 g/mol. The van der Waals surface area contributed by atoms with E-state index in [1.807, 2.05) is 30.3 Å². The Balaban J connectivity index is 1.79. The zero-order valence-electron chi connectivity index (χ0n) is 13.3. The summed E-state index contributed by atoms with van der Waals surface area (Å²) >= 11 is 0. The number of para-hydroxylation sites is 1. The number of nitrogens with zero attached hydrogens (tertiary/aromatic N) is 1. The van der Waals surface area contributed by atoms with Crippen molar-refractivity contribution in [1.29, 1.82) is 0 Å². The summed E-state index contributed by atoms with van der Waals surface area (Å²) < 4.78 is 5.21. The first-order chi connectivity index (χ1) is 12.1. The molecule has 0 aliphatic rings. The van der Waals surface area contributed by atoms with Crippen molar-refractivity contribution in [1.82, 2.24) is 4.98 Å². The number of primary amides is 1. The van der Waals surface area contributed by atoms with E-state index < -0.39 is 18.0 Å². The Morgan fingerprint density at radius 1 is 1.00 bits per heavy atom. The normalized spacial score (nSPS) is 12.2. The van der Waals surface area contributed by atoms with Crippen LogP contribution in [0.4, 0.5) is 0 Å². The lowest BCUT2D eigenvalue weighted by Gasteiger charge is -2.13. The van der Waals surface area contributed by atoms with Gasteiger partial charge in [0.25, 0.3) is 5.91 Å². The molecule has 0 fully saturated rings. The molecule has 0 aliphatic heterocycles. The van der Waals surface area contributed by atoms with Crippen molar-refractivity contribution in [3.8, 4) is 0 Å². The Bertz CT molecular complexity index is 931. The van der Waals surface area contributed by atoms with Gasteiger partial charge in [-0.05, 0) is 12.1 Å². The maximum Gasteiger partial charge on any atom is 0.331 e. The molecule has 3 rings (SSSR count). The number of amides is 1. The minimum atomic E-state index is -1.12. The number of fused-ring (bicyclic) bond motifs is 1. The fourth-order valence-corrected chi connectivity index (χ4v) is 2.49. The summed E-state index contributed by atoms with van der Waals surface area (Å²) in [6, 6.07) is 18.1. The molecule has 124 valence electrons. The van der Waals surface area contributed by atoms with Crippen LogP contribution in [0.3, 0.4) is 0 Å². The van der Waals surface area contributed by atoms with Crippen molar-refractivity contribution < 1.29 is 14.3 Å². The van der Waals surface area contributed by atoms with E-state index in [9.17, 15) is 9.59 Å². The van der Waals surface area contributed by atoms with Crippen molar-refractivity contribution in [3.63, 3.8) is 0 Å². The van der Waals surface area contributed by atoms with Gasteiger partial charge in [-0.3, -0.25) is 9.78 Å². The van der Waals surface area contributed by atoms with Crippen LogP contribution in [0.1, 0.15) is 17.2 Å². The number of ether oxygens (including phenoxy) is 1. The van der Waals surface area contributed by atoms with Crippen LogP contribution >= 0.6 is 0 Å². The van der Waals surface area contributed by atoms with Crippen LogP contribution in [-0.4, -0.2) is 16.9 Å². The molecule has 5 nitrogen and oxygen atoms in total. The SMILES string of the molecule is NC(=O)C(OC(=O)C=Cc1cccc2cccnc12)c1ccccc1. The van der Waals surface area contributed by atoms with E-state index in [2.05, 4.69) is 4.98 Å². The molecule has 5 heteroatoms. The second-order valence-electron chi connectivity index (χ2n) is 5.39. The first kappa shape index (κ1) is 16.4. The Morgan fingerprint density at radius 2 is 1.76 bits per heavy atom. The zero-order chi connectivity index (χ0) is 17.6. The molecule has 2 N–H and O–H groups in total. The van der Waals surface area contributed by atoms with Crippen LogP contribution in [0.5, 0.6) is 0 Å². The average Bonchev–Trinajstić information content (AvgIpc) is 2.65. The smallest absolute Gasteiger partial charge is 0.331 e. The number of hydrogen-bond acceptors (Lipinski definition) is 4. The van der Waals surface area contributed by atoms with Crippen molar-refractivity contribution in [2.75, 3.05) is 0 Å². The van der Waals surface area contributed by atoms with E-state index in [4.69, 9.17) is 10.5 Å². The maximum atomic E-state index is 12.1. The van der Waals surface area contributed by atoms with E-state index in [0.717, 1.165) is 16.5 Å². The summed E-state index contributed by atoms with van der Waals surface area (Å²) in [5.41, 5.74) is 7.44. The fraction of sp³-hybridized carbons (Fsp3) is 0.0500. The van der Waals surface area contributed by atoms with Gasteiger partial charge in [-0.25, -0.2) is 4.79 Å². The first-order valence-corrected chi connectivity index (χ1v) is 7.72. The molecule has 1 heterocycles. The Labute approximate surface area is 144 Å². The highest BCUT2D eigenvalue weighted by molar-refractivity contribution is 5.94. The summed E-state index contributed by atoms with van der Waals surface area (Å²) in [5.74, 6) is -1.37. The zero-order valence-corrected chi connectivity index (χ0v) is 13.3. The topological polar surface area (TPSA) is 82.3 Å². The molecule has 1 amide bonds. The standard InChI is InChI=1S/C20H16N2O3/c21-20(24)19(16-6-2-1-3-7-16)25-17(23)12-11-15-9-4-8-14-10-5-13-22-18(14)15/h1-13,19H,(H2,21,24). The average molecular weight is 332 g/mol. The van der Waals surface area contributed by atoms with Crippen LogP contribution in [0.25, 0.3) is 17.0 Å². The predicted octanol–water partition coefficient (Wildman–Crippen LogP) is 3.02. The highest BCUT2D eigenvalue weighted by Crippen LogP contribution is 2.19. The van der Waals surface area contributed by atoms with Crippen LogP contribution in [0, 0.1) is 0 Å². The predicted molar refractivity (Wildman–Crippen MR) is 95.2 cm³/mol. The Hall–Kier alpha value is -3.47. The number of pyridine rings is 1. The number of aromatic nitrogens is 1. The minimum Gasteiger partial charge on any atom is -0.444 e. The van der Waals surface area contributed by atoms with Crippen molar-refractivity contribution in [2.24, 2.45) is 5.73 Å². The molecule has 0 bridgehead atoms. The van der Waals surface area contributed by atoms with Gasteiger partial charge < -0.3 is 10.5 Å². The third-order valence-corrected chi connectivity index (χ3v) is 3.66. The van der Waals surface area contributed by atoms with Crippen molar-refractivity contribution >= 4 is 28.9 Å². The molecule has 2 aromatic carbocycles. The third kappa shape index (κ3) is 3.90. The maximum absolute atomic E-state index is 12.1. The summed E-state index contributed by atoms with van der Waals surface area (Å²) in [4.78, 5) is 28.0. The Kier molecular flexibility index (Phi) is 4.85. The lowest BCUT2D eigenvalue weighted by atomic mass is 10.1. The summed E-state index contributed by atoms with van der Waals surface area (Å²) in [5, 5.41) is 0.970. The van der Waals surface area contributed by atoms with Crippen LogP contribution in [-0.2, 0) is 14.3 Å². The molecule has 0 saturated heterocycles. The molecule has 0 saturated carbocycles. The van der Waals surface area contributed by atoms with Gasteiger partial charge in [0, 0.05) is 28.8 Å².